The number of nitrogens with one attached hydrogen (secondary N) is 1. The molecule has 0 spiro atoms. The first-order valence-electron chi connectivity index (χ1n) is 12.6. The molecular weight excluding hydrogens is 593 g/mol. The summed E-state index contributed by atoms with van der Waals surface area (Å²) in [4.78, 5) is 27.0. The quantitative estimate of drug-likeness (QED) is 0.232. The zero-order valence-electron chi connectivity index (χ0n) is 21.5. The summed E-state index contributed by atoms with van der Waals surface area (Å²) in [5.74, 6) is 0.0218. The van der Waals surface area contributed by atoms with Gasteiger partial charge in [-0.25, -0.2) is 4.79 Å². The van der Waals surface area contributed by atoms with Gasteiger partial charge in [0.1, 0.15) is 6.61 Å². The number of rotatable bonds is 8. The van der Waals surface area contributed by atoms with E-state index in [1.165, 1.54) is 0 Å². The molecule has 0 amide bonds. The summed E-state index contributed by atoms with van der Waals surface area (Å²) < 4.78 is 18.5. The van der Waals surface area contributed by atoms with Crippen LogP contribution in [0, 0.1) is 3.57 Å². The highest BCUT2D eigenvalue weighted by molar-refractivity contribution is 14.1. The number of ether oxygens (including phenoxy) is 3. The number of halogens is 1. The second-order valence-electron chi connectivity index (χ2n) is 9.02. The van der Waals surface area contributed by atoms with Crippen molar-refractivity contribution >= 4 is 40.0 Å². The molecule has 1 aliphatic heterocycles. The van der Waals surface area contributed by atoms with E-state index < -0.39 is 11.9 Å². The average molecular weight is 621 g/mol. The van der Waals surface area contributed by atoms with E-state index in [0.29, 0.717) is 47.1 Å². The fraction of sp³-hybridized carbons (Fsp3) is 0.226. The predicted octanol–water partition coefficient (Wildman–Crippen LogP) is 6.40. The van der Waals surface area contributed by atoms with E-state index in [0.717, 1.165) is 26.0 Å². The second kappa shape index (κ2) is 11.0. The molecule has 6 nitrogen and oxygen atoms in total. The van der Waals surface area contributed by atoms with Crippen LogP contribution in [0.2, 0.25) is 0 Å². The highest BCUT2D eigenvalue weighted by Crippen LogP contribution is 2.48. The molecule has 1 aliphatic carbocycles. The Bertz CT molecular complexity index is 1470. The van der Waals surface area contributed by atoms with Crippen molar-refractivity contribution < 1.29 is 23.8 Å². The summed E-state index contributed by atoms with van der Waals surface area (Å²) in [5.41, 5.74) is 5.62. The van der Waals surface area contributed by atoms with Crippen LogP contribution in [-0.2, 0) is 16.1 Å². The van der Waals surface area contributed by atoms with Crippen molar-refractivity contribution in [1.29, 1.82) is 0 Å². The summed E-state index contributed by atoms with van der Waals surface area (Å²) in [6.07, 6.45) is 0. The molecule has 0 fully saturated rings. The van der Waals surface area contributed by atoms with E-state index in [1.807, 2.05) is 80.6 Å². The van der Waals surface area contributed by atoms with Gasteiger partial charge >= 0.3 is 5.97 Å². The zero-order valence-corrected chi connectivity index (χ0v) is 23.6. The van der Waals surface area contributed by atoms with Gasteiger partial charge in [0.15, 0.2) is 17.3 Å². The number of hydrogen-bond donors (Lipinski definition) is 1. The van der Waals surface area contributed by atoms with Crippen LogP contribution in [0.4, 0.5) is 0 Å². The van der Waals surface area contributed by atoms with E-state index in [-0.39, 0.29) is 12.4 Å². The number of carbonyl (C=O) groups excluding carboxylic acids is 2. The van der Waals surface area contributed by atoms with Gasteiger partial charge in [-0.15, -0.1) is 0 Å². The largest absolute Gasteiger partial charge is 0.490 e. The second-order valence-corrected chi connectivity index (χ2v) is 10.2. The van der Waals surface area contributed by atoms with Crippen molar-refractivity contribution in [2.45, 2.75) is 33.3 Å². The van der Waals surface area contributed by atoms with E-state index in [2.05, 4.69) is 27.9 Å². The number of dihydropyridines is 1. The van der Waals surface area contributed by atoms with Crippen LogP contribution in [0.15, 0.2) is 83.6 Å². The Morgan fingerprint density at radius 1 is 0.947 bits per heavy atom. The van der Waals surface area contributed by atoms with E-state index in [1.54, 1.807) is 6.92 Å². The Kier molecular flexibility index (Phi) is 7.56. The highest BCUT2D eigenvalue weighted by Gasteiger charge is 2.43. The lowest BCUT2D eigenvalue weighted by atomic mass is 9.79. The minimum atomic E-state index is -0.624. The molecule has 1 heterocycles. The predicted molar refractivity (Wildman–Crippen MR) is 154 cm³/mol. The van der Waals surface area contributed by atoms with Crippen LogP contribution in [-0.4, -0.2) is 25.0 Å². The Labute approximate surface area is 235 Å². The fourth-order valence-corrected chi connectivity index (χ4v) is 5.81. The number of hydrogen-bond acceptors (Lipinski definition) is 6. The lowest BCUT2D eigenvalue weighted by Gasteiger charge is -2.30. The Morgan fingerprint density at radius 2 is 1.66 bits per heavy atom. The fourth-order valence-electron chi connectivity index (χ4n) is 5.03. The van der Waals surface area contributed by atoms with Gasteiger partial charge in [-0.2, -0.15) is 0 Å². The van der Waals surface area contributed by atoms with Crippen molar-refractivity contribution in [3.8, 4) is 11.5 Å². The van der Waals surface area contributed by atoms with E-state index in [4.69, 9.17) is 14.2 Å². The van der Waals surface area contributed by atoms with Gasteiger partial charge in [-0.05, 0) is 66.6 Å². The van der Waals surface area contributed by atoms with Crippen LogP contribution in [0.3, 0.4) is 0 Å². The molecule has 7 heteroatoms. The molecule has 1 atom stereocenters. The molecule has 1 N–H and O–H groups in total. The molecule has 5 rings (SSSR count). The smallest absolute Gasteiger partial charge is 0.336 e. The van der Waals surface area contributed by atoms with Crippen LogP contribution in [0.1, 0.15) is 53.7 Å². The zero-order chi connectivity index (χ0) is 26.8. The molecule has 194 valence electrons. The average Bonchev–Trinajstić information content (AvgIpc) is 3.19. The van der Waals surface area contributed by atoms with Gasteiger partial charge in [0.25, 0.3) is 0 Å². The summed E-state index contributed by atoms with van der Waals surface area (Å²) in [6, 6.07) is 21.3. The van der Waals surface area contributed by atoms with Gasteiger partial charge in [0.05, 0.1) is 28.1 Å². The maximum absolute atomic E-state index is 13.7. The lowest BCUT2D eigenvalue weighted by Crippen LogP contribution is -2.29. The molecule has 3 aromatic carbocycles. The third kappa shape index (κ3) is 4.71. The molecular formula is C31H28INO5. The van der Waals surface area contributed by atoms with Crippen molar-refractivity contribution in [3.63, 3.8) is 0 Å². The Morgan fingerprint density at radius 3 is 2.37 bits per heavy atom. The topological polar surface area (TPSA) is 73.9 Å². The van der Waals surface area contributed by atoms with Crippen LogP contribution < -0.4 is 14.8 Å². The van der Waals surface area contributed by atoms with Crippen LogP contribution in [0.5, 0.6) is 11.5 Å². The standard InChI is InChI=1S/C31H28INO5/c1-4-36-24-16-20(15-23(32)30(24)38-17-19-11-7-6-8-12-19)26-25(31(35)37-5-2)18(3)33-28-21-13-9-10-14-22(21)29(34)27(26)28/h6-16,26,33H,4-5,17H2,1-3H3/t26-/m0/s1. The van der Waals surface area contributed by atoms with Crippen LogP contribution >= 0.6 is 22.6 Å². The summed E-state index contributed by atoms with van der Waals surface area (Å²) >= 11 is 2.23. The Hall–Kier alpha value is -3.59. The normalized spacial score (nSPS) is 16.1. The van der Waals surface area contributed by atoms with Crippen molar-refractivity contribution in [2.24, 2.45) is 0 Å². The minimum absolute atomic E-state index is 0.0974. The molecule has 0 saturated carbocycles. The third-order valence-corrected chi connectivity index (χ3v) is 7.44. The molecule has 3 aromatic rings. The number of ketones is 1. The molecule has 0 radical (unpaired) electrons. The first-order chi connectivity index (χ1) is 18.4. The molecule has 0 aromatic heterocycles. The van der Waals surface area contributed by atoms with E-state index in [9.17, 15) is 9.59 Å². The van der Waals surface area contributed by atoms with Crippen molar-refractivity contribution in [3.05, 3.63) is 109 Å². The van der Waals surface area contributed by atoms with Gasteiger partial charge in [-0.3, -0.25) is 4.79 Å². The summed E-state index contributed by atoms with van der Waals surface area (Å²) in [6.45, 7) is 6.59. The number of benzene rings is 3. The monoisotopic (exact) mass is 621 g/mol. The van der Waals surface area contributed by atoms with Gasteiger partial charge in [0.2, 0.25) is 0 Å². The molecule has 0 saturated heterocycles. The highest BCUT2D eigenvalue weighted by atomic mass is 127. The van der Waals surface area contributed by atoms with E-state index >= 15 is 0 Å². The van der Waals surface area contributed by atoms with Gasteiger partial charge in [-0.1, -0.05) is 54.6 Å². The molecule has 0 bridgehead atoms. The molecule has 38 heavy (non-hydrogen) atoms. The first kappa shape index (κ1) is 26.0. The lowest BCUT2D eigenvalue weighted by molar-refractivity contribution is -0.138. The maximum atomic E-state index is 13.7. The number of esters is 1. The molecule has 2 aliphatic rings. The number of allylic oxidation sites excluding steroid dienone is 2. The number of carbonyl (C=O) groups is 2. The third-order valence-electron chi connectivity index (χ3n) is 6.64. The number of fused-ring (bicyclic) bond motifs is 2. The summed E-state index contributed by atoms with van der Waals surface area (Å²) in [5, 5.41) is 3.34. The van der Waals surface area contributed by atoms with Crippen molar-refractivity contribution in [1.82, 2.24) is 5.32 Å². The van der Waals surface area contributed by atoms with Crippen LogP contribution in [0.25, 0.3) is 5.70 Å². The Balaban J connectivity index is 1.63. The van der Waals surface area contributed by atoms with Gasteiger partial charge < -0.3 is 19.5 Å². The van der Waals surface area contributed by atoms with Crippen molar-refractivity contribution in [2.75, 3.05) is 13.2 Å². The molecule has 0 unspecified atom stereocenters. The minimum Gasteiger partial charge on any atom is -0.490 e. The SMILES string of the molecule is CCOC(=O)C1=C(C)NC2=C(C(=O)c3ccccc32)[C@H]1c1cc(I)c(OCc2ccccc2)c(OCC)c1. The maximum Gasteiger partial charge on any atom is 0.336 e. The number of Topliss-reactive ketones (excluding diaryl/α,β-unsaturated/α-hetero) is 1. The van der Waals surface area contributed by atoms with Gasteiger partial charge in [0, 0.05) is 28.3 Å². The first-order valence-corrected chi connectivity index (χ1v) is 13.7. The summed E-state index contributed by atoms with van der Waals surface area (Å²) in [7, 11) is 0.